The summed E-state index contributed by atoms with van der Waals surface area (Å²) in [6.07, 6.45) is 1.35. The largest absolute Gasteiger partial charge is 0.368 e. The maximum atomic E-state index is 13.4. The number of rotatable bonds is 5. The van der Waals surface area contributed by atoms with Gasteiger partial charge in [0.15, 0.2) is 0 Å². The summed E-state index contributed by atoms with van der Waals surface area (Å²) in [6, 6.07) is 13.3. The molecule has 2 N–H and O–H groups in total. The Labute approximate surface area is 245 Å². The van der Waals surface area contributed by atoms with Crippen LogP contribution in [-0.2, 0) is 10.2 Å². The molecule has 0 atom stereocenters. The molecule has 2 aliphatic rings. The lowest BCUT2D eigenvalue weighted by atomic mass is 9.86. The second-order valence-electron chi connectivity index (χ2n) is 13.5. The summed E-state index contributed by atoms with van der Waals surface area (Å²) in [7, 11) is 0. The van der Waals surface area contributed by atoms with Gasteiger partial charge in [-0.1, -0.05) is 53.7 Å². The summed E-state index contributed by atoms with van der Waals surface area (Å²) in [4.78, 5) is 45.8. The fraction of sp³-hybridized carbons (Fsp3) is 0.545. The van der Waals surface area contributed by atoms with Crippen molar-refractivity contribution in [3.8, 4) is 0 Å². The maximum Gasteiger partial charge on any atom is 0.255 e. The molecular weight excluding hydrogens is 514 g/mol. The average Bonchev–Trinajstić information content (AvgIpc) is 3.18. The number of benzene rings is 2. The maximum absolute atomic E-state index is 13.4. The van der Waals surface area contributed by atoms with Crippen LogP contribution in [0.4, 0.5) is 11.4 Å². The molecule has 0 aromatic heterocycles. The number of anilines is 2. The molecule has 41 heavy (non-hydrogen) atoms. The number of nitrogens with one attached hydrogen (secondary N) is 2. The van der Waals surface area contributed by atoms with Crippen LogP contribution in [0, 0.1) is 5.41 Å². The molecule has 2 fully saturated rings. The minimum absolute atomic E-state index is 0.00421. The van der Waals surface area contributed by atoms with Gasteiger partial charge in [0.1, 0.15) is 0 Å². The van der Waals surface area contributed by atoms with E-state index >= 15 is 0 Å². The van der Waals surface area contributed by atoms with E-state index in [0.29, 0.717) is 56.0 Å². The summed E-state index contributed by atoms with van der Waals surface area (Å²) in [6.45, 7) is 18.3. The zero-order valence-corrected chi connectivity index (χ0v) is 25.7. The standard InChI is InChI=1S/C33H47N5O3/c1-32(2,3)23-29(39)37-17-7-16-36(20-21-37)28-13-10-25(31(41)38-18-14-34-15-19-38)22-27(28)35-30(40)24-8-11-26(12-9-24)33(4,5)6/h8-13,22,34H,7,14-21,23H2,1-6H3,(H,35,40). The summed E-state index contributed by atoms with van der Waals surface area (Å²) in [5, 5.41) is 6.41. The van der Waals surface area contributed by atoms with Crippen molar-refractivity contribution in [2.75, 3.05) is 62.6 Å². The molecule has 2 saturated heterocycles. The van der Waals surface area contributed by atoms with Gasteiger partial charge in [0.05, 0.1) is 11.4 Å². The van der Waals surface area contributed by atoms with E-state index in [2.05, 4.69) is 57.1 Å². The second-order valence-corrected chi connectivity index (χ2v) is 13.5. The van der Waals surface area contributed by atoms with Gasteiger partial charge in [0.25, 0.3) is 11.8 Å². The SMILES string of the molecule is CC(C)(C)CC(=O)N1CCCN(c2ccc(C(=O)N3CCNCC3)cc2NC(=O)c2ccc(C(C)(C)C)cc2)CC1. The molecule has 222 valence electrons. The summed E-state index contributed by atoms with van der Waals surface area (Å²) >= 11 is 0. The molecule has 0 unspecified atom stereocenters. The highest BCUT2D eigenvalue weighted by molar-refractivity contribution is 6.07. The number of hydrogen-bond donors (Lipinski definition) is 2. The first-order valence-electron chi connectivity index (χ1n) is 14.9. The molecule has 0 radical (unpaired) electrons. The Morgan fingerprint density at radius 2 is 1.44 bits per heavy atom. The highest BCUT2D eigenvalue weighted by Gasteiger charge is 2.26. The van der Waals surface area contributed by atoms with Gasteiger partial charge < -0.3 is 25.3 Å². The van der Waals surface area contributed by atoms with Crippen molar-refractivity contribution in [3.05, 3.63) is 59.2 Å². The molecule has 8 heteroatoms. The lowest BCUT2D eigenvalue weighted by molar-refractivity contribution is -0.132. The van der Waals surface area contributed by atoms with E-state index in [1.807, 2.05) is 52.3 Å². The molecule has 3 amide bonds. The van der Waals surface area contributed by atoms with Crippen LogP contribution in [0.15, 0.2) is 42.5 Å². The van der Waals surface area contributed by atoms with Gasteiger partial charge in [0.2, 0.25) is 5.91 Å². The Bertz CT molecular complexity index is 1240. The van der Waals surface area contributed by atoms with Gasteiger partial charge in [-0.3, -0.25) is 14.4 Å². The number of nitrogens with zero attached hydrogens (tertiary/aromatic N) is 3. The third-order valence-electron chi connectivity index (χ3n) is 7.78. The zero-order chi connectivity index (χ0) is 29.8. The molecule has 8 nitrogen and oxygen atoms in total. The fourth-order valence-electron chi connectivity index (χ4n) is 5.38. The van der Waals surface area contributed by atoms with Gasteiger partial charge >= 0.3 is 0 Å². The molecule has 0 spiro atoms. The van der Waals surface area contributed by atoms with Gasteiger partial charge in [0, 0.05) is 69.9 Å². The van der Waals surface area contributed by atoms with Crippen molar-refractivity contribution in [1.29, 1.82) is 0 Å². The van der Waals surface area contributed by atoms with Crippen LogP contribution in [0.2, 0.25) is 0 Å². The van der Waals surface area contributed by atoms with Gasteiger partial charge in [-0.25, -0.2) is 0 Å². The highest BCUT2D eigenvalue weighted by atomic mass is 16.2. The molecule has 2 aromatic rings. The smallest absolute Gasteiger partial charge is 0.255 e. The fourth-order valence-corrected chi connectivity index (χ4v) is 5.38. The van der Waals surface area contributed by atoms with Crippen molar-refractivity contribution in [1.82, 2.24) is 15.1 Å². The van der Waals surface area contributed by atoms with Crippen molar-refractivity contribution in [2.45, 2.75) is 59.8 Å². The van der Waals surface area contributed by atoms with E-state index < -0.39 is 0 Å². The van der Waals surface area contributed by atoms with Crippen molar-refractivity contribution < 1.29 is 14.4 Å². The zero-order valence-electron chi connectivity index (χ0n) is 25.7. The molecule has 2 heterocycles. The minimum Gasteiger partial charge on any atom is -0.368 e. The predicted molar refractivity (Wildman–Crippen MR) is 166 cm³/mol. The third kappa shape index (κ3) is 8.09. The monoisotopic (exact) mass is 561 g/mol. The molecule has 2 aromatic carbocycles. The number of piperazine rings is 1. The molecule has 0 bridgehead atoms. The molecule has 0 saturated carbocycles. The van der Waals surface area contributed by atoms with Crippen molar-refractivity contribution >= 4 is 29.1 Å². The van der Waals surface area contributed by atoms with Crippen LogP contribution < -0.4 is 15.5 Å². The Morgan fingerprint density at radius 1 is 0.780 bits per heavy atom. The Hall–Kier alpha value is -3.39. The summed E-state index contributed by atoms with van der Waals surface area (Å²) in [5.74, 6) is -0.0586. The topological polar surface area (TPSA) is 85.0 Å². The van der Waals surface area contributed by atoms with E-state index in [1.165, 1.54) is 0 Å². The van der Waals surface area contributed by atoms with Gasteiger partial charge in [-0.05, 0) is 53.1 Å². The van der Waals surface area contributed by atoms with E-state index in [9.17, 15) is 14.4 Å². The normalized spacial score (nSPS) is 16.8. The number of hydrogen-bond acceptors (Lipinski definition) is 5. The van der Waals surface area contributed by atoms with E-state index in [4.69, 9.17) is 0 Å². The van der Waals surface area contributed by atoms with E-state index in [1.54, 1.807) is 0 Å². The van der Waals surface area contributed by atoms with Gasteiger partial charge in [-0.2, -0.15) is 0 Å². The molecular formula is C33H47N5O3. The van der Waals surface area contributed by atoms with E-state index in [-0.39, 0.29) is 28.6 Å². The lowest BCUT2D eigenvalue weighted by Gasteiger charge is -2.29. The van der Waals surface area contributed by atoms with Crippen LogP contribution in [0.25, 0.3) is 0 Å². The minimum atomic E-state index is -0.213. The third-order valence-corrected chi connectivity index (χ3v) is 7.78. The summed E-state index contributed by atoms with van der Waals surface area (Å²) < 4.78 is 0. The van der Waals surface area contributed by atoms with Gasteiger partial charge in [-0.15, -0.1) is 0 Å². The Morgan fingerprint density at radius 3 is 2.07 bits per heavy atom. The second kappa shape index (κ2) is 12.6. The number of carbonyl (C=O) groups is 3. The van der Waals surface area contributed by atoms with Crippen LogP contribution in [0.1, 0.15) is 80.7 Å². The number of carbonyl (C=O) groups excluding carboxylic acids is 3. The predicted octanol–water partition coefficient (Wildman–Crippen LogP) is 4.76. The first-order valence-corrected chi connectivity index (χ1v) is 14.9. The van der Waals surface area contributed by atoms with Crippen molar-refractivity contribution in [2.24, 2.45) is 5.41 Å². The quantitative estimate of drug-likeness (QED) is 0.550. The Balaban J connectivity index is 1.59. The lowest BCUT2D eigenvalue weighted by Crippen LogP contribution is -2.46. The van der Waals surface area contributed by atoms with Crippen molar-refractivity contribution in [3.63, 3.8) is 0 Å². The Kier molecular flexibility index (Phi) is 9.42. The molecule has 0 aliphatic carbocycles. The summed E-state index contributed by atoms with van der Waals surface area (Å²) in [5.41, 5.74) is 3.71. The van der Waals surface area contributed by atoms with Crippen LogP contribution >= 0.6 is 0 Å². The van der Waals surface area contributed by atoms with Crippen LogP contribution in [0.3, 0.4) is 0 Å². The van der Waals surface area contributed by atoms with Crippen LogP contribution in [0.5, 0.6) is 0 Å². The highest BCUT2D eigenvalue weighted by Crippen LogP contribution is 2.30. The van der Waals surface area contributed by atoms with Crippen LogP contribution in [-0.4, -0.2) is 79.9 Å². The number of amides is 3. The van der Waals surface area contributed by atoms with E-state index in [0.717, 1.165) is 37.3 Å². The molecule has 4 rings (SSSR count). The molecule has 2 aliphatic heterocycles. The first kappa shape index (κ1) is 30.6. The first-order chi connectivity index (χ1) is 19.3. The average molecular weight is 562 g/mol.